The predicted molar refractivity (Wildman–Crippen MR) is 87.9 cm³/mol. The van der Waals surface area contributed by atoms with E-state index in [4.69, 9.17) is 0 Å². The van der Waals surface area contributed by atoms with Crippen molar-refractivity contribution in [2.75, 3.05) is 5.32 Å². The molecular formula is C18H10F7N3O. The van der Waals surface area contributed by atoms with Crippen LogP contribution in [0.15, 0.2) is 54.7 Å². The summed E-state index contributed by atoms with van der Waals surface area (Å²) in [5, 5.41) is 5.62. The molecule has 0 radical (unpaired) electrons. The Morgan fingerprint density at radius 1 is 0.931 bits per heavy atom. The normalized spacial score (nSPS) is 12.1. The van der Waals surface area contributed by atoms with Gasteiger partial charge in [0.15, 0.2) is 5.69 Å². The summed E-state index contributed by atoms with van der Waals surface area (Å²) in [6.45, 7) is 0. The van der Waals surface area contributed by atoms with Crippen LogP contribution in [-0.2, 0) is 12.4 Å². The highest BCUT2D eigenvalue weighted by molar-refractivity contribution is 6.05. The molecule has 0 unspecified atom stereocenters. The van der Waals surface area contributed by atoms with Crippen LogP contribution in [0.5, 0.6) is 0 Å². The van der Waals surface area contributed by atoms with E-state index in [1.54, 1.807) is 0 Å². The highest BCUT2D eigenvalue weighted by atomic mass is 19.4. The van der Waals surface area contributed by atoms with Gasteiger partial charge in [-0.05, 0) is 42.5 Å². The number of alkyl halides is 6. The topological polar surface area (TPSA) is 46.9 Å². The Labute approximate surface area is 158 Å². The zero-order chi connectivity index (χ0) is 21.4. The first kappa shape index (κ1) is 20.4. The lowest BCUT2D eigenvalue weighted by Gasteiger charge is -2.14. The molecule has 0 atom stereocenters. The highest BCUT2D eigenvalue weighted by Gasteiger charge is 2.41. The Morgan fingerprint density at radius 3 is 2.17 bits per heavy atom. The van der Waals surface area contributed by atoms with E-state index in [1.807, 2.05) is 0 Å². The van der Waals surface area contributed by atoms with Crippen LogP contribution < -0.4 is 5.32 Å². The second-order valence-corrected chi connectivity index (χ2v) is 5.83. The summed E-state index contributed by atoms with van der Waals surface area (Å²) in [6.07, 6.45) is -9.27. The molecule has 11 heteroatoms. The largest absolute Gasteiger partial charge is 0.434 e. The molecule has 0 aliphatic heterocycles. The molecule has 1 heterocycles. The van der Waals surface area contributed by atoms with E-state index < -0.39 is 46.6 Å². The summed E-state index contributed by atoms with van der Waals surface area (Å²) >= 11 is 0. The third kappa shape index (κ3) is 4.39. The van der Waals surface area contributed by atoms with Gasteiger partial charge >= 0.3 is 12.4 Å². The van der Waals surface area contributed by atoms with Crippen LogP contribution in [0.2, 0.25) is 0 Å². The number of nitrogens with zero attached hydrogens (tertiary/aromatic N) is 2. The number of rotatable bonds is 3. The lowest BCUT2D eigenvalue weighted by molar-refractivity contribution is -0.143. The van der Waals surface area contributed by atoms with Crippen molar-refractivity contribution in [2.45, 2.75) is 12.4 Å². The van der Waals surface area contributed by atoms with Gasteiger partial charge in [0.25, 0.3) is 5.91 Å². The fourth-order valence-electron chi connectivity index (χ4n) is 2.53. The van der Waals surface area contributed by atoms with Gasteiger partial charge in [0.2, 0.25) is 0 Å². The maximum absolute atomic E-state index is 13.6. The van der Waals surface area contributed by atoms with Gasteiger partial charge in [-0.2, -0.15) is 31.4 Å². The fraction of sp³-hybridized carbons (Fsp3) is 0.111. The minimum Gasteiger partial charge on any atom is -0.322 e. The molecule has 0 aliphatic rings. The van der Waals surface area contributed by atoms with Crippen LogP contribution in [0.3, 0.4) is 0 Å². The number of halogens is 7. The number of carbonyl (C=O) groups excluding carboxylic acids is 1. The van der Waals surface area contributed by atoms with Gasteiger partial charge in [-0.1, -0.05) is 6.07 Å². The number of carbonyl (C=O) groups is 1. The maximum atomic E-state index is 13.6. The molecule has 1 N–H and O–H groups in total. The molecule has 0 fully saturated rings. The molecule has 0 aliphatic carbocycles. The summed E-state index contributed by atoms with van der Waals surface area (Å²) in [5.41, 5.74) is -4.11. The quantitative estimate of drug-likeness (QED) is 0.588. The Balaban J connectivity index is 2.04. The number of hydrogen-bond acceptors (Lipinski definition) is 2. The van der Waals surface area contributed by atoms with Gasteiger partial charge in [-0.3, -0.25) is 4.79 Å². The first-order valence-corrected chi connectivity index (χ1v) is 7.86. The van der Waals surface area contributed by atoms with Gasteiger partial charge in [-0.15, -0.1) is 0 Å². The second kappa shape index (κ2) is 7.22. The van der Waals surface area contributed by atoms with Crippen LogP contribution >= 0.6 is 0 Å². The molecule has 4 nitrogen and oxygen atoms in total. The van der Waals surface area contributed by atoms with E-state index in [2.05, 4.69) is 10.4 Å². The van der Waals surface area contributed by atoms with Crippen molar-refractivity contribution in [3.05, 3.63) is 77.4 Å². The number of anilines is 1. The molecular weight excluding hydrogens is 407 g/mol. The fourth-order valence-corrected chi connectivity index (χ4v) is 2.53. The lowest BCUT2D eigenvalue weighted by atomic mass is 10.1. The first-order chi connectivity index (χ1) is 13.5. The monoisotopic (exact) mass is 417 g/mol. The van der Waals surface area contributed by atoms with Crippen LogP contribution in [0.25, 0.3) is 5.69 Å². The smallest absolute Gasteiger partial charge is 0.322 e. The SMILES string of the molecule is O=C(Nc1ccc(F)cc1)c1cnn(-c2cccc(C(F)(F)F)c2)c1C(F)(F)F. The predicted octanol–water partition coefficient (Wildman–Crippen LogP) is 5.30. The van der Waals surface area contributed by atoms with Crippen LogP contribution in [0, 0.1) is 5.82 Å². The minimum absolute atomic E-state index is 0.0244. The lowest BCUT2D eigenvalue weighted by Crippen LogP contribution is -2.21. The van der Waals surface area contributed by atoms with E-state index in [1.165, 1.54) is 0 Å². The molecule has 1 amide bonds. The zero-order valence-electron chi connectivity index (χ0n) is 14.1. The van der Waals surface area contributed by atoms with Gasteiger partial charge < -0.3 is 5.32 Å². The average molecular weight is 417 g/mol. The standard InChI is InChI=1S/C18H10F7N3O/c19-11-4-6-12(7-5-11)27-16(29)14-9-26-28(15(14)18(23,24)25)13-3-1-2-10(8-13)17(20,21)22/h1-9H,(H,27,29). The van der Waals surface area contributed by atoms with E-state index in [9.17, 15) is 35.5 Å². The van der Waals surface area contributed by atoms with Crippen molar-refractivity contribution in [1.82, 2.24) is 9.78 Å². The van der Waals surface area contributed by atoms with E-state index >= 15 is 0 Å². The van der Waals surface area contributed by atoms with Crippen molar-refractivity contribution in [2.24, 2.45) is 0 Å². The van der Waals surface area contributed by atoms with Gasteiger partial charge in [0, 0.05) is 5.69 Å². The molecule has 1 aromatic heterocycles. The maximum Gasteiger partial charge on any atom is 0.434 e. The van der Waals surface area contributed by atoms with Gasteiger partial charge in [-0.25, -0.2) is 9.07 Å². The van der Waals surface area contributed by atoms with Crippen LogP contribution in [0.4, 0.5) is 36.4 Å². The van der Waals surface area contributed by atoms with Crippen molar-refractivity contribution < 1.29 is 35.5 Å². The Morgan fingerprint density at radius 2 is 1.59 bits per heavy atom. The van der Waals surface area contributed by atoms with Crippen LogP contribution in [-0.4, -0.2) is 15.7 Å². The molecule has 0 saturated carbocycles. The van der Waals surface area contributed by atoms with Crippen molar-refractivity contribution in [3.8, 4) is 5.69 Å². The minimum atomic E-state index is -5.10. The second-order valence-electron chi connectivity index (χ2n) is 5.83. The number of hydrogen-bond donors (Lipinski definition) is 1. The zero-order valence-corrected chi connectivity index (χ0v) is 14.1. The third-order valence-corrected chi connectivity index (χ3v) is 3.80. The summed E-state index contributed by atoms with van der Waals surface area (Å²) < 4.78 is 92.6. The molecule has 29 heavy (non-hydrogen) atoms. The van der Waals surface area contributed by atoms with Gasteiger partial charge in [0.05, 0.1) is 23.0 Å². The number of amides is 1. The van der Waals surface area contributed by atoms with Crippen molar-refractivity contribution in [3.63, 3.8) is 0 Å². The molecule has 0 spiro atoms. The summed E-state index contributed by atoms with van der Waals surface area (Å²) in [5.74, 6) is -1.82. The molecule has 0 saturated heterocycles. The van der Waals surface area contributed by atoms with E-state index in [0.717, 1.165) is 36.4 Å². The molecule has 0 bridgehead atoms. The number of nitrogens with one attached hydrogen (secondary N) is 1. The van der Waals surface area contributed by atoms with Gasteiger partial charge in [0.1, 0.15) is 5.82 Å². The average Bonchev–Trinajstić information content (AvgIpc) is 3.09. The number of aromatic nitrogens is 2. The molecule has 152 valence electrons. The van der Waals surface area contributed by atoms with E-state index in [-0.39, 0.29) is 10.4 Å². The molecule has 2 aromatic carbocycles. The van der Waals surface area contributed by atoms with Crippen LogP contribution in [0.1, 0.15) is 21.6 Å². The van der Waals surface area contributed by atoms with E-state index in [0.29, 0.717) is 18.3 Å². The highest BCUT2D eigenvalue weighted by Crippen LogP contribution is 2.35. The summed E-state index contributed by atoms with van der Waals surface area (Å²) in [6, 6.07) is 7.37. The first-order valence-electron chi connectivity index (χ1n) is 7.86. The van der Waals surface area contributed by atoms with Crippen molar-refractivity contribution >= 4 is 11.6 Å². The Bertz CT molecular complexity index is 1040. The number of benzene rings is 2. The molecule has 3 rings (SSSR count). The molecule has 3 aromatic rings. The summed E-state index contributed by atoms with van der Waals surface area (Å²) in [7, 11) is 0. The Hall–Kier alpha value is -3.37. The Kier molecular flexibility index (Phi) is 5.07. The third-order valence-electron chi connectivity index (χ3n) is 3.80. The summed E-state index contributed by atoms with van der Waals surface area (Å²) in [4.78, 5) is 12.3. The van der Waals surface area contributed by atoms with Crippen molar-refractivity contribution in [1.29, 1.82) is 0 Å².